The van der Waals surface area contributed by atoms with Gasteiger partial charge in [-0.1, -0.05) is 38.5 Å². The van der Waals surface area contributed by atoms with Gasteiger partial charge >= 0.3 is 5.97 Å². The number of rotatable bonds is 1. The number of hydrogen-bond acceptors (Lipinski definition) is 3. The molecule has 0 bridgehead atoms. The second-order valence-electron chi connectivity index (χ2n) is 2.86. The third kappa shape index (κ3) is 13.6. The minimum atomic E-state index is -0.602. The van der Waals surface area contributed by atoms with Gasteiger partial charge in [0.25, 0.3) is 0 Å². The van der Waals surface area contributed by atoms with Crippen LogP contribution in [0.3, 0.4) is 0 Å². The molecular weight excluding hydrogens is 180 g/mol. The summed E-state index contributed by atoms with van der Waals surface area (Å²) in [4.78, 5) is 9.71. The van der Waals surface area contributed by atoms with Crippen LogP contribution >= 0.6 is 0 Å². The lowest BCUT2D eigenvalue weighted by Crippen LogP contribution is -2.04. The second kappa shape index (κ2) is 14.5. The first-order valence-electron chi connectivity index (χ1n) is 4.82. The molecule has 0 saturated heterocycles. The zero-order valence-corrected chi connectivity index (χ0v) is 8.87. The molecule has 3 heteroatoms. The molecule has 0 radical (unpaired) electrons. The van der Waals surface area contributed by atoms with E-state index < -0.39 is 12.6 Å². The summed E-state index contributed by atoms with van der Waals surface area (Å²) in [5.74, 6) is -0.602. The summed E-state index contributed by atoms with van der Waals surface area (Å²) in [5, 5.41) is 7.86. The molecule has 1 aliphatic rings. The Morgan fingerprint density at radius 2 is 1.43 bits per heavy atom. The van der Waals surface area contributed by atoms with Crippen LogP contribution in [0.5, 0.6) is 0 Å². The zero-order valence-electron chi connectivity index (χ0n) is 8.87. The van der Waals surface area contributed by atoms with Gasteiger partial charge < -0.3 is 9.84 Å². The quantitative estimate of drug-likeness (QED) is 0.518. The minimum Gasteiger partial charge on any atom is -0.467 e. The molecular formula is C11H20O3. The molecule has 0 aliphatic heterocycles. The molecule has 0 amide bonds. The van der Waals surface area contributed by atoms with Crippen molar-refractivity contribution in [3.05, 3.63) is 0 Å². The monoisotopic (exact) mass is 200 g/mol. The summed E-state index contributed by atoms with van der Waals surface area (Å²) >= 11 is 0. The van der Waals surface area contributed by atoms with Crippen molar-refractivity contribution >= 4 is 5.97 Å². The van der Waals surface area contributed by atoms with Gasteiger partial charge in [0.05, 0.1) is 7.11 Å². The SMILES string of the molecule is C#C.C1CCCCC1.COC(=O)CO. The number of esters is 1. The van der Waals surface area contributed by atoms with Gasteiger partial charge in [-0.15, -0.1) is 12.8 Å². The Morgan fingerprint density at radius 1 is 1.14 bits per heavy atom. The number of ether oxygens (including phenoxy) is 1. The lowest BCUT2D eigenvalue weighted by molar-refractivity contribution is -0.143. The highest BCUT2D eigenvalue weighted by Crippen LogP contribution is 2.15. The summed E-state index contributed by atoms with van der Waals surface area (Å²) in [6.45, 7) is -0.531. The van der Waals surface area contributed by atoms with Crippen molar-refractivity contribution in [2.45, 2.75) is 38.5 Å². The standard InChI is InChI=1S/C6H12.C3H6O3.C2H2/c1-2-4-6-5-3-1;1-6-3(5)2-4;1-2/h1-6H2;4H,2H2,1H3;1-2H. The number of aliphatic hydroxyl groups is 1. The van der Waals surface area contributed by atoms with Crippen LogP contribution in [0.25, 0.3) is 0 Å². The van der Waals surface area contributed by atoms with Crippen LogP contribution in [0.4, 0.5) is 0 Å². The molecule has 14 heavy (non-hydrogen) atoms. The molecule has 0 aromatic rings. The summed E-state index contributed by atoms with van der Waals surface area (Å²) in [7, 11) is 1.22. The highest BCUT2D eigenvalue weighted by Gasteiger charge is 1.95. The fraction of sp³-hybridized carbons (Fsp3) is 0.727. The van der Waals surface area contributed by atoms with Crippen molar-refractivity contribution in [2.75, 3.05) is 13.7 Å². The number of hydrogen-bond donors (Lipinski definition) is 1. The Balaban J connectivity index is 0. The summed E-state index contributed by atoms with van der Waals surface area (Å²) in [6, 6.07) is 0. The Bertz CT molecular complexity index is 119. The third-order valence-electron chi connectivity index (χ3n) is 1.86. The van der Waals surface area contributed by atoms with Crippen molar-refractivity contribution < 1.29 is 14.6 Å². The normalized spacial score (nSPS) is 13.7. The van der Waals surface area contributed by atoms with Crippen LogP contribution in [0.15, 0.2) is 0 Å². The van der Waals surface area contributed by atoms with Gasteiger partial charge in [-0.2, -0.15) is 0 Å². The first kappa shape index (κ1) is 15.5. The second-order valence-corrected chi connectivity index (χ2v) is 2.86. The minimum absolute atomic E-state index is 0.531. The van der Waals surface area contributed by atoms with E-state index in [4.69, 9.17) is 5.11 Å². The van der Waals surface area contributed by atoms with Crippen molar-refractivity contribution in [1.82, 2.24) is 0 Å². The molecule has 0 heterocycles. The molecule has 0 spiro atoms. The van der Waals surface area contributed by atoms with Gasteiger partial charge in [0.15, 0.2) is 0 Å². The van der Waals surface area contributed by atoms with Crippen LogP contribution < -0.4 is 0 Å². The highest BCUT2D eigenvalue weighted by atomic mass is 16.5. The maximum Gasteiger partial charge on any atom is 0.331 e. The fourth-order valence-electron chi connectivity index (χ4n) is 1.13. The predicted molar refractivity (Wildman–Crippen MR) is 56.7 cm³/mol. The van der Waals surface area contributed by atoms with Crippen LogP contribution in [-0.4, -0.2) is 24.8 Å². The Kier molecular flexibility index (Phi) is 16.0. The van der Waals surface area contributed by atoms with Crippen molar-refractivity contribution in [3.63, 3.8) is 0 Å². The van der Waals surface area contributed by atoms with Gasteiger partial charge in [0.2, 0.25) is 0 Å². The van der Waals surface area contributed by atoms with E-state index in [1.54, 1.807) is 0 Å². The zero-order chi connectivity index (χ0) is 11.2. The molecule has 3 nitrogen and oxygen atoms in total. The molecule has 82 valence electrons. The van der Waals surface area contributed by atoms with Gasteiger partial charge in [-0.3, -0.25) is 0 Å². The maximum atomic E-state index is 9.71. The largest absolute Gasteiger partial charge is 0.467 e. The summed E-state index contributed by atoms with van der Waals surface area (Å²) < 4.78 is 4.01. The fourth-order valence-corrected chi connectivity index (χ4v) is 1.13. The number of methoxy groups -OCH3 is 1. The van der Waals surface area contributed by atoms with E-state index in [9.17, 15) is 4.79 Å². The Labute approximate surface area is 86.5 Å². The van der Waals surface area contributed by atoms with Gasteiger partial charge in [-0.25, -0.2) is 4.79 Å². The molecule has 1 rings (SSSR count). The highest BCUT2D eigenvalue weighted by molar-refractivity contribution is 5.70. The maximum absolute atomic E-state index is 9.71. The van der Waals surface area contributed by atoms with E-state index in [1.165, 1.54) is 45.6 Å². The number of carbonyl (C=O) groups excluding carboxylic acids is 1. The molecule has 1 fully saturated rings. The average molecular weight is 200 g/mol. The molecule has 0 aromatic heterocycles. The topological polar surface area (TPSA) is 46.5 Å². The van der Waals surface area contributed by atoms with Crippen LogP contribution in [0, 0.1) is 12.8 Å². The third-order valence-corrected chi connectivity index (χ3v) is 1.86. The van der Waals surface area contributed by atoms with E-state index in [-0.39, 0.29) is 0 Å². The summed E-state index contributed by atoms with van der Waals surface area (Å²) in [5.41, 5.74) is 0. The number of carbonyl (C=O) groups is 1. The van der Waals surface area contributed by atoms with E-state index in [0.717, 1.165) is 0 Å². The molecule has 0 atom stereocenters. The van der Waals surface area contributed by atoms with E-state index in [0.29, 0.717) is 0 Å². The number of aliphatic hydroxyl groups excluding tert-OH is 1. The van der Waals surface area contributed by atoms with Crippen molar-refractivity contribution in [3.8, 4) is 12.8 Å². The van der Waals surface area contributed by atoms with Gasteiger partial charge in [0.1, 0.15) is 6.61 Å². The van der Waals surface area contributed by atoms with Gasteiger partial charge in [-0.05, 0) is 0 Å². The average Bonchev–Trinajstić information content (AvgIpc) is 2.33. The predicted octanol–water partition coefficient (Wildman–Crippen LogP) is 1.74. The molecule has 0 unspecified atom stereocenters. The lowest BCUT2D eigenvalue weighted by atomic mass is 10.0. The van der Waals surface area contributed by atoms with E-state index in [1.807, 2.05) is 0 Å². The molecule has 1 saturated carbocycles. The van der Waals surface area contributed by atoms with Crippen molar-refractivity contribution in [2.24, 2.45) is 0 Å². The molecule has 0 aromatic carbocycles. The number of terminal acetylenes is 1. The first-order valence-corrected chi connectivity index (χ1v) is 4.82. The molecule has 1 N–H and O–H groups in total. The lowest BCUT2D eigenvalue weighted by Gasteiger charge is -2.05. The Hall–Kier alpha value is -1.01. The van der Waals surface area contributed by atoms with E-state index >= 15 is 0 Å². The molecule has 1 aliphatic carbocycles. The smallest absolute Gasteiger partial charge is 0.331 e. The summed E-state index contributed by atoms with van der Waals surface area (Å²) in [6.07, 6.45) is 17.0. The Morgan fingerprint density at radius 3 is 1.50 bits per heavy atom. The van der Waals surface area contributed by atoms with Gasteiger partial charge in [0, 0.05) is 0 Å². The van der Waals surface area contributed by atoms with Crippen LogP contribution in [-0.2, 0) is 9.53 Å². The van der Waals surface area contributed by atoms with Crippen molar-refractivity contribution in [1.29, 1.82) is 0 Å². The van der Waals surface area contributed by atoms with Crippen LogP contribution in [0.2, 0.25) is 0 Å². The van der Waals surface area contributed by atoms with E-state index in [2.05, 4.69) is 17.6 Å². The first-order chi connectivity index (χ1) is 6.81. The van der Waals surface area contributed by atoms with Crippen LogP contribution in [0.1, 0.15) is 38.5 Å².